The zero-order valence-electron chi connectivity index (χ0n) is 12.4. The van der Waals surface area contributed by atoms with Crippen molar-refractivity contribution in [3.8, 4) is 0 Å². The monoisotopic (exact) mass is 289 g/mol. The molecule has 0 bridgehead atoms. The van der Waals surface area contributed by atoms with Gasteiger partial charge >= 0.3 is 0 Å². The summed E-state index contributed by atoms with van der Waals surface area (Å²) >= 11 is 0. The summed E-state index contributed by atoms with van der Waals surface area (Å²) in [5.74, 6) is -0.470. The number of nitrogens with two attached hydrogens (primary N) is 1. The van der Waals surface area contributed by atoms with Gasteiger partial charge in [-0.25, -0.2) is 0 Å². The lowest BCUT2D eigenvalue weighted by Crippen LogP contribution is -2.38. The highest BCUT2D eigenvalue weighted by atomic mass is 16.2. The number of carbonyl (C=O) groups is 2. The predicted octanol–water partition coefficient (Wildman–Crippen LogP) is 1.89. The Labute approximate surface area is 125 Å². The summed E-state index contributed by atoms with van der Waals surface area (Å²) in [6.45, 7) is 0. The van der Waals surface area contributed by atoms with Gasteiger partial charge in [-0.2, -0.15) is 0 Å². The van der Waals surface area contributed by atoms with Crippen LogP contribution in [0.4, 0.5) is 5.69 Å². The van der Waals surface area contributed by atoms with E-state index in [1.165, 1.54) is 0 Å². The second kappa shape index (κ2) is 7.22. The number of carbonyl (C=O) groups excluding carboxylic acids is 2. The average molecular weight is 289 g/mol. The van der Waals surface area contributed by atoms with E-state index < -0.39 is 0 Å². The molecule has 1 aliphatic carbocycles. The van der Waals surface area contributed by atoms with E-state index in [0.29, 0.717) is 11.3 Å². The number of para-hydroxylation sites is 1. The predicted molar refractivity (Wildman–Crippen MR) is 83.0 cm³/mol. The lowest BCUT2D eigenvalue weighted by molar-refractivity contribution is -0.120. The molecular weight excluding hydrogens is 266 g/mol. The van der Waals surface area contributed by atoms with E-state index in [-0.39, 0.29) is 23.8 Å². The molecule has 5 heteroatoms. The van der Waals surface area contributed by atoms with E-state index in [0.717, 1.165) is 32.1 Å². The second-order valence-electron chi connectivity index (χ2n) is 5.52. The topological polar surface area (TPSA) is 84.2 Å². The quantitative estimate of drug-likeness (QED) is 0.743. The largest absolute Gasteiger partial charge is 0.355 e. The first kappa shape index (κ1) is 15.5. The third kappa shape index (κ3) is 3.82. The van der Waals surface area contributed by atoms with Gasteiger partial charge in [-0.05, 0) is 25.0 Å². The van der Waals surface area contributed by atoms with Crippen LogP contribution in [0.2, 0.25) is 0 Å². The molecule has 1 aromatic carbocycles. The summed E-state index contributed by atoms with van der Waals surface area (Å²) in [7, 11) is 1.57. The number of hydrogen-bond acceptors (Lipinski definition) is 3. The molecule has 5 nitrogen and oxygen atoms in total. The van der Waals surface area contributed by atoms with Crippen molar-refractivity contribution in [3.63, 3.8) is 0 Å². The number of anilines is 1. The molecular formula is C16H23N3O2. The van der Waals surface area contributed by atoms with E-state index in [2.05, 4.69) is 10.6 Å². The zero-order valence-corrected chi connectivity index (χ0v) is 12.4. The number of rotatable bonds is 3. The number of hydrogen-bond donors (Lipinski definition) is 3. The first-order chi connectivity index (χ1) is 10.1. The van der Waals surface area contributed by atoms with Crippen LogP contribution in [0.25, 0.3) is 0 Å². The van der Waals surface area contributed by atoms with Crippen LogP contribution >= 0.6 is 0 Å². The van der Waals surface area contributed by atoms with Crippen molar-refractivity contribution in [2.45, 2.75) is 38.1 Å². The zero-order chi connectivity index (χ0) is 15.2. The van der Waals surface area contributed by atoms with Crippen LogP contribution < -0.4 is 16.4 Å². The minimum atomic E-state index is -0.212. The molecule has 4 N–H and O–H groups in total. The van der Waals surface area contributed by atoms with Gasteiger partial charge in [-0.15, -0.1) is 0 Å². The molecule has 0 heterocycles. The van der Waals surface area contributed by atoms with Crippen molar-refractivity contribution in [1.82, 2.24) is 5.32 Å². The molecule has 2 atom stereocenters. The van der Waals surface area contributed by atoms with Gasteiger partial charge in [0.15, 0.2) is 0 Å². The highest BCUT2D eigenvalue weighted by Crippen LogP contribution is 2.24. The summed E-state index contributed by atoms with van der Waals surface area (Å²) < 4.78 is 0. The molecule has 0 radical (unpaired) electrons. The van der Waals surface area contributed by atoms with Gasteiger partial charge in [0, 0.05) is 13.1 Å². The molecule has 1 saturated carbocycles. The molecule has 1 aliphatic rings. The lowest BCUT2D eigenvalue weighted by Gasteiger charge is -2.21. The third-order valence-corrected chi connectivity index (χ3v) is 4.06. The Balaban J connectivity index is 2.13. The summed E-state index contributed by atoms with van der Waals surface area (Å²) in [6.07, 6.45) is 4.94. The van der Waals surface area contributed by atoms with Gasteiger partial charge < -0.3 is 16.4 Å². The maximum Gasteiger partial charge on any atom is 0.253 e. The molecule has 2 rings (SSSR count). The Morgan fingerprint density at radius 2 is 1.86 bits per heavy atom. The van der Waals surface area contributed by atoms with E-state index >= 15 is 0 Å². The maximum absolute atomic E-state index is 12.5. The van der Waals surface area contributed by atoms with Gasteiger partial charge in [-0.1, -0.05) is 31.4 Å². The Kier molecular flexibility index (Phi) is 5.33. The fourth-order valence-electron chi connectivity index (χ4n) is 2.81. The normalized spacial score (nSPS) is 22.2. The van der Waals surface area contributed by atoms with E-state index in [1.54, 1.807) is 31.3 Å². The van der Waals surface area contributed by atoms with Gasteiger partial charge in [0.05, 0.1) is 17.2 Å². The van der Waals surface area contributed by atoms with Crippen LogP contribution in [-0.4, -0.2) is 24.9 Å². The van der Waals surface area contributed by atoms with Crippen molar-refractivity contribution in [3.05, 3.63) is 29.8 Å². The van der Waals surface area contributed by atoms with Crippen molar-refractivity contribution >= 4 is 17.5 Å². The molecule has 114 valence electrons. The first-order valence-electron chi connectivity index (χ1n) is 7.51. The van der Waals surface area contributed by atoms with Crippen LogP contribution in [0.1, 0.15) is 42.5 Å². The Morgan fingerprint density at radius 3 is 2.62 bits per heavy atom. The van der Waals surface area contributed by atoms with E-state index in [4.69, 9.17) is 5.73 Å². The van der Waals surface area contributed by atoms with Crippen molar-refractivity contribution in [2.75, 3.05) is 12.4 Å². The van der Waals surface area contributed by atoms with E-state index in [9.17, 15) is 9.59 Å². The van der Waals surface area contributed by atoms with E-state index in [1.807, 2.05) is 0 Å². The molecule has 2 unspecified atom stereocenters. The van der Waals surface area contributed by atoms with Crippen molar-refractivity contribution in [1.29, 1.82) is 0 Å². The highest BCUT2D eigenvalue weighted by molar-refractivity contribution is 6.04. The summed E-state index contributed by atoms with van der Waals surface area (Å²) in [5.41, 5.74) is 7.13. The smallest absolute Gasteiger partial charge is 0.253 e. The summed E-state index contributed by atoms with van der Waals surface area (Å²) in [4.78, 5) is 24.3. The Hall–Kier alpha value is -1.88. The number of amides is 2. The minimum absolute atomic E-state index is 0.0826. The minimum Gasteiger partial charge on any atom is -0.355 e. The SMILES string of the molecule is CNC(=O)c1ccccc1NC(=O)C1CCCCCC1N. The Morgan fingerprint density at radius 1 is 1.14 bits per heavy atom. The standard InChI is InChI=1S/C16H23N3O2/c1-18-15(20)12-8-5-6-10-14(12)19-16(21)11-7-3-2-4-9-13(11)17/h5-6,8,10-11,13H,2-4,7,9,17H2,1H3,(H,18,20)(H,19,21). The van der Waals surface area contributed by atoms with Gasteiger partial charge in [0.1, 0.15) is 0 Å². The first-order valence-corrected chi connectivity index (χ1v) is 7.51. The fraction of sp³-hybridized carbons (Fsp3) is 0.500. The van der Waals surface area contributed by atoms with Crippen molar-refractivity contribution in [2.24, 2.45) is 11.7 Å². The molecule has 21 heavy (non-hydrogen) atoms. The lowest BCUT2D eigenvalue weighted by atomic mass is 9.94. The maximum atomic E-state index is 12.5. The molecule has 1 fully saturated rings. The average Bonchev–Trinajstić information content (AvgIpc) is 2.71. The van der Waals surface area contributed by atoms with Crippen LogP contribution in [0.3, 0.4) is 0 Å². The second-order valence-corrected chi connectivity index (χ2v) is 5.52. The molecule has 0 spiro atoms. The molecule has 2 amide bonds. The molecule has 0 aromatic heterocycles. The molecule has 1 aromatic rings. The van der Waals surface area contributed by atoms with Crippen LogP contribution in [0.5, 0.6) is 0 Å². The number of nitrogens with one attached hydrogen (secondary N) is 2. The fourth-order valence-corrected chi connectivity index (χ4v) is 2.81. The highest BCUT2D eigenvalue weighted by Gasteiger charge is 2.27. The van der Waals surface area contributed by atoms with Gasteiger partial charge in [0.2, 0.25) is 5.91 Å². The third-order valence-electron chi connectivity index (χ3n) is 4.06. The Bertz CT molecular complexity index is 516. The summed E-state index contributed by atoms with van der Waals surface area (Å²) in [5, 5.41) is 5.45. The van der Waals surface area contributed by atoms with Crippen LogP contribution in [0.15, 0.2) is 24.3 Å². The van der Waals surface area contributed by atoms with Crippen molar-refractivity contribution < 1.29 is 9.59 Å². The van der Waals surface area contributed by atoms with Gasteiger partial charge in [-0.3, -0.25) is 9.59 Å². The number of benzene rings is 1. The molecule has 0 saturated heterocycles. The molecule has 0 aliphatic heterocycles. The summed E-state index contributed by atoms with van der Waals surface area (Å²) in [6, 6.07) is 6.92. The van der Waals surface area contributed by atoms with Gasteiger partial charge in [0.25, 0.3) is 5.91 Å². The van der Waals surface area contributed by atoms with Crippen LogP contribution in [0, 0.1) is 5.92 Å². The van der Waals surface area contributed by atoms with Crippen LogP contribution in [-0.2, 0) is 4.79 Å².